The summed E-state index contributed by atoms with van der Waals surface area (Å²) in [5.74, 6) is 0.862. The molecule has 3 fully saturated rings. The Bertz CT molecular complexity index is 350. The minimum absolute atomic E-state index is 0.233. The van der Waals surface area contributed by atoms with Crippen molar-refractivity contribution in [1.29, 1.82) is 0 Å². The summed E-state index contributed by atoms with van der Waals surface area (Å²) < 4.78 is 26.5. The highest BCUT2D eigenvalue weighted by atomic mass is 32.2. The van der Waals surface area contributed by atoms with Gasteiger partial charge in [0.1, 0.15) is 0 Å². The topological polar surface area (TPSA) is 49.4 Å². The van der Waals surface area contributed by atoms with E-state index in [9.17, 15) is 8.42 Å². The standard InChI is InChI=1S/C11H20N2O2S/c14-16(15,8-9-1-2-9)13-10-3-4-11(13)7-12-6-5-10/h9-12H,1-8H2. The first-order valence-corrected chi connectivity index (χ1v) is 7.99. The van der Waals surface area contributed by atoms with Crippen LogP contribution in [-0.2, 0) is 10.0 Å². The fourth-order valence-corrected chi connectivity index (χ4v) is 5.46. The molecule has 0 aromatic carbocycles. The van der Waals surface area contributed by atoms with Gasteiger partial charge in [0.25, 0.3) is 0 Å². The van der Waals surface area contributed by atoms with Gasteiger partial charge in [-0.15, -0.1) is 0 Å². The molecule has 92 valence electrons. The highest BCUT2D eigenvalue weighted by Crippen LogP contribution is 2.36. The lowest BCUT2D eigenvalue weighted by atomic mass is 10.1. The Hall–Kier alpha value is -0.130. The molecule has 4 nitrogen and oxygen atoms in total. The van der Waals surface area contributed by atoms with Crippen LogP contribution in [0.3, 0.4) is 0 Å². The first-order chi connectivity index (χ1) is 7.67. The van der Waals surface area contributed by atoms with Crippen LogP contribution in [0.2, 0.25) is 0 Å². The fraction of sp³-hybridized carbons (Fsp3) is 1.00. The average molecular weight is 244 g/mol. The first kappa shape index (κ1) is 11.0. The number of sulfonamides is 1. The lowest BCUT2D eigenvalue weighted by molar-refractivity contribution is 0.333. The van der Waals surface area contributed by atoms with Gasteiger partial charge in [-0.1, -0.05) is 0 Å². The Balaban J connectivity index is 1.81. The van der Waals surface area contributed by atoms with E-state index in [1.165, 1.54) is 0 Å². The quantitative estimate of drug-likeness (QED) is 0.789. The molecule has 2 atom stereocenters. The van der Waals surface area contributed by atoms with Gasteiger partial charge < -0.3 is 5.32 Å². The molecule has 0 spiro atoms. The molecule has 2 saturated heterocycles. The molecule has 2 bridgehead atoms. The number of nitrogens with one attached hydrogen (secondary N) is 1. The van der Waals surface area contributed by atoms with E-state index in [0.717, 1.165) is 45.2 Å². The number of fused-ring (bicyclic) bond motifs is 2. The molecule has 0 aromatic heterocycles. The smallest absolute Gasteiger partial charge is 0.214 e. The average Bonchev–Trinajstić information content (AvgIpc) is 2.90. The van der Waals surface area contributed by atoms with Crippen molar-refractivity contribution in [3.8, 4) is 0 Å². The lowest BCUT2D eigenvalue weighted by Crippen LogP contribution is -2.43. The largest absolute Gasteiger partial charge is 0.315 e. The molecule has 2 heterocycles. The van der Waals surface area contributed by atoms with E-state index in [-0.39, 0.29) is 12.1 Å². The minimum atomic E-state index is -2.99. The van der Waals surface area contributed by atoms with Gasteiger partial charge in [-0.05, 0) is 44.6 Å². The Morgan fingerprint density at radius 2 is 1.81 bits per heavy atom. The van der Waals surface area contributed by atoms with Crippen LogP contribution in [0.5, 0.6) is 0 Å². The van der Waals surface area contributed by atoms with Gasteiger partial charge in [0.05, 0.1) is 5.75 Å². The normalized spacial score (nSPS) is 36.2. The van der Waals surface area contributed by atoms with Crippen molar-refractivity contribution in [2.24, 2.45) is 5.92 Å². The predicted octanol–water partition coefficient (Wildman–Crippen LogP) is 0.552. The van der Waals surface area contributed by atoms with Crippen LogP contribution < -0.4 is 5.32 Å². The second kappa shape index (κ2) is 3.96. The van der Waals surface area contributed by atoms with Gasteiger partial charge in [0.15, 0.2) is 0 Å². The summed E-state index contributed by atoms with van der Waals surface area (Å²) in [4.78, 5) is 0. The van der Waals surface area contributed by atoms with Gasteiger partial charge in [-0.25, -0.2) is 8.42 Å². The predicted molar refractivity (Wildman–Crippen MR) is 62.6 cm³/mol. The van der Waals surface area contributed by atoms with Gasteiger partial charge in [-0.3, -0.25) is 0 Å². The Labute approximate surface area is 97.4 Å². The van der Waals surface area contributed by atoms with Crippen LogP contribution in [0.15, 0.2) is 0 Å². The van der Waals surface area contributed by atoms with Gasteiger partial charge in [0, 0.05) is 18.6 Å². The minimum Gasteiger partial charge on any atom is -0.315 e. The molecule has 16 heavy (non-hydrogen) atoms. The summed E-state index contributed by atoms with van der Waals surface area (Å²) in [6, 6.07) is 0.514. The zero-order valence-corrected chi connectivity index (χ0v) is 10.4. The summed E-state index contributed by atoms with van der Waals surface area (Å²) in [6.45, 7) is 1.82. The summed E-state index contributed by atoms with van der Waals surface area (Å²) in [6.07, 6.45) is 5.32. The molecular formula is C11H20N2O2S. The van der Waals surface area contributed by atoms with Gasteiger partial charge in [-0.2, -0.15) is 4.31 Å². The van der Waals surface area contributed by atoms with E-state index in [0.29, 0.717) is 11.7 Å². The maximum Gasteiger partial charge on any atom is 0.214 e. The van der Waals surface area contributed by atoms with Crippen molar-refractivity contribution in [2.45, 2.75) is 44.2 Å². The maximum absolute atomic E-state index is 12.3. The second-order valence-electron chi connectivity index (χ2n) is 5.43. The molecule has 2 aliphatic heterocycles. The molecule has 3 aliphatic rings. The van der Waals surface area contributed by atoms with E-state index < -0.39 is 10.0 Å². The highest BCUT2D eigenvalue weighted by Gasteiger charge is 2.43. The van der Waals surface area contributed by atoms with Crippen LogP contribution >= 0.6 is 0 Å². The zero-order valence-electron chi connectivity index (χ0n) is 9.56. The second-order valence-corrected chi connectivity index (χ2v) is 7.35. The third-order valence-electron chi connectivity index (χ3n) is 4.05. The monoisotopic (exact) mass is 244 g/mol. The molecule has 5 heteroatoms. The summed E-state index contributed by atoms with van der Waals surface area (Å²) in [5.41, 5.74) is 0. The molecule has 0 amide bonds. The van der Waals surface area contributed by atoms with Crippen molar-refractivity contribution >= 4 is 10.0 Å². The Morgan fingerprint density at radius 1 is 1.06 bits per heavy atom. The summed E-state index contributed by atoms with van der Waals surface area (Å²) in [7, 11) is -2.99. The van der Waals surface area contributed by atoms with Crippen molar-refractivity contribution in [3.63, 3.8) is 0 Å². The van der Waals surface area contributed by atoms with Crippen LogP contribution in [0.4, 0.5) is 0 Å². The van der Waals surface area contributed by atoms with Crippen LogP contribution in [-0.4, -0.2) is 43.6 Å². The third-order valence-corrected chi connectivity index (χ3v) is 6.18. The van der Waals surface area contributed by atoms with Crippen molar-refractivity contribution < 1.29 is 8.42 Å². The molecule has 1 N–H and O–H groups in total. The summed E-state index contributed by atoms with van der Waals surface area (Å²) >= 11 is 0. The van der Waals surface area contributed by atoms with E-state index in [1.54, 1.807) is 0 Å². The zero-order chi connectivity index (χ0) is 11.2. The van der Waals surface area contributed by atoms with E-state index in [4.69, 9.17) is 0 Å². The Morgan fingerprint density at radius 3 is 2.56 bits per heavy atom. The van der Waals surface area contributed by atoms with Crippen molar-refractivity contribution in [3.05, 3.63) is 0 Å². The molecular weight excluding hydrogens is 224 g/mol. The van der Waals surface area contributed by atoms with E-state index >= 15 is 0 Å². The highest BCUT2D eigenvalue weighted by molar-refractivity contribution is 7.89. The number of hydrogen-bond acceptors (Lipinski definition) is 3. The maximum atomic E-state index is 12.3. The van der Waals surface area contributed by atoms with E-state index in [2.05, 4.69) is 5.32 Å². The number of nitrogens with zero attached hydrogens (tertiary/aromatic N) is 1. The third kappa shape index (κ3) is 2.00. The molecule has 0 aromatic rings. The van der Waals surface area contributed by atoms with Gasteiger partial charge >= 0.3 is 0 Å². The fourth-order valence-electron chi connectivity index (χ4n) is 3.06. The van der Waals surface area contributed by atoms with E-state index in [1.807, 2.05) is 4.31 Å². The van der Waals surface area contributed by atoms with Crippen molar-refractivity contribution in [1.82, 2.24) is 9.62 Å². The molecule has 2 unspecified atom stereocenters. The molecule has 0 radical (unpaired) electrons. The van der Waals surface area contributed by atoms with Gasteiger partial charge in [0.2, 0.25) is 10.0 Å². The first-order valence-electron chi connectivity index (χ1n) is 6.39. The summed E-state index contributed by atoms with van der Waals surface area (Å²) in [5, 5.41) is 3.34. The molecule has 1 aliphatic carbocycles. The SMILES string of the molecule is O=S(=O)(CC1CC1)N1C2CCNCC1CC2. The Kier molecular flexibility index (Phi) is 2.72. The molecule has 3 rings (SSSR count). The van der Waals surface area contributed by atoms with Crippen LogP contribution in [0.1, 0.15) is 32.1 Å². The molecule has 1 saturated carbocycles. The van der Waals surface area contributed by atoms with Crippen molar-refractivity contribution in [2.75, 3.05) is 18.8 Å². The van der Waals surface area contributed by atoms with Crippen LogP contribution in [0, 0.1) is 5.92 Å². The number of hydrogen-bond donors (Lipinski definition) is 1. The number of rotatable bonds is 3. The van der Waals surface area contributed by atoms with Crippen LogP contribution in [0.25, 0.3) is 0 Å². The lowest BCUT2D eigenvalue weighted by Gasteiger charge is -2.26.